The summed E-state index contributed by atoms with van der Waals surface area (Å²) in [6, 6.07) is 9.26. The van der Waals surface area contributed by atoms with Gasteiger partial charge in [-0.1, -0.05) is 18.2 Å². The van der Waals surface area contributed by atoms with Crippen LogP contribution >= 0.6 is 0 Å². The fourth-order valence-electron chi connectivity index (χ4n) is 2.48. The zero-order chi connectivity index (χ0) is 19.1. The number of amides is 1. The molecule has 3 aromatic rings. The summed E-state index contributed by atoms with van der Waals surface area (Å²) in [5.74, 6) is 0.437. The minimum Gasteiger partial charge on any atom is -0.394 e. The first-order valence-corrected chi connectivity index (χ1v) is 8.44. The smallest absolute Gasteiger partial charge is 0.248 e. The first-order chi connectivity index (χ1) is 13.2. The van der Waals surface area contributed by atoms with Crippen molar-refractivity contribution in [2.45, 2.75) is 13.5 Å². The van der Waals surface area contributed by atoms with E-state index in [1.807, 2.05) is 30.3 Å². The van der Waals surface area contributed by atoms with Gasteiger partial charge < -0.3 is 15.7 Å². The van der Waals surface area contributed by atoms with Gasteiger partial charge in [0, 0.05) is 23.5 Å². The van der Waals surface area contributed by atoms with E-state index in [2.05, 4.69) is 25.7 Å². The van der Waals surface area contributed by atoms with Crippen molar-refractivity contribution in [3.8, 4) is 11.3 Å². The highest BCUT2D eigenvalue weighted by Crippen LogP contribution is 2.23. The van der Waals surface area contributed by atoms with Gasteiger partial charge in [0.25, 0.3) is 0 Å². The molecule has 0 aliphatic heterocycles. The van der Waals surface area contributed by atoms with Gasteiger partial charge in [0.05, 0.1) is 30.7 Å². The van der Waals surface area contributed by atoms with Gasteiger partial charge in [-0.2, -0.15) is 5.10 Å². The third-order valence-corrected chi connectivity index (χ3v) is 3.65. The fourth-order valence-corrected chi connectivity index (χ4v) is 2.48. The Morgan fingerprint density at radius 2 is 2.15 bits per heavy atom. The van der Waals surface area contributed by atoms with Gasteiger partial charge in [-0.3, -0.25) is 9.48 Å². The minimum atomic E-state index is -0.181. The fraction of sp³-hybridized carbons (Fsp3) is 0.158. The van der Waals surface area contributed by atoms with Crippen LogP contribution in [0, 0.1) is 0 Å². The molecule has 138 valence electrons. The second-order valence-electron chi connectivity index (χ2n) is 5.70. The number of hydrogen-bond acceptors (Lipinski definition) is 6. The maximum atomic E-state index is 11.7. The van der Waals surface area contributed by atoms with Gasteiger partial charge in [0.15, 0.2) is 0 Å². The number of aliphatic hydroxyl groups excluding tert-OH is 1. The molecule has 0 unspecified atom stereocenters. The van der Waals surface area contributed by atoms with E-state index in [1.165, 1.54) is 12.4 Å². The lowest BCUT2D eigenvalue weighted by molar-refractivity contribution is -0.111. The molecule has 1 amide bonds. The number of nitrogens with one attached hydrogen (secondary N) is 2. The lowest BCUT2D eigenvalue weighted by atomic mass is 10.1. The van der Waals surface area contributed by atoms with Gasteiger partial charge in [-0.15, -0.1) is 0 Å². The number of aromatic nitrogens is 4. The number of carbonyl (C=O) groups is 1. The average molecular weight is 364 g/mol. The van der Waals surface area contributed by atoms with Crippen molar-refractivity contribution in [1.82, 2.24) is 19.7 Å². The Morgan fingerprint density at radius 3 is 2.96 bits per heavy atom. The van der Waals surface area contributed by atoms with E-state index in [1.54, 1.807) is 30.1 Å². The van der Waals surface area contributed by atoms with Gasteiger partial charge in [-0.25, -0.2) is 9.97 Å². The topological polar surface area (TPSA) is 105 Å². The molecule has 8 heteroatoms. The van der Waals surface area contributed by atoms with E-state index in [9.17, 15) is 4.79 Å². The summed E-state index contributed by atoms with van der Waals surface area (Å²) in [4.78, 5) is 20.2. The van der Waals surface area contributed by atoms with Crippen LogP contribution in [0.15, 0.2) is 61.2 Å². The zero-order valence-corrected chi connectivity index (χ0v) is 14.8. The van der Waals surface area contributed by atoms with Crippen LogP contribution < -0.4 is 10.6 Å². The molecule has 2 heterocycles. The summed E-state index contributed by atoms with van der Waals surface area (Å²) in [5, 5.41) is 19.1. The Hall–Kier alpha value is -3.52. The maximum Gasteiger partial charge on any atom is 0.248 e. The van der Waals surface area contributed by atoms with E-state index in [0.29, 0.717) is 18.1 Å². The molecule has 3 N–H and O–H groups in total. The molecule has 0 fully saturated rings. The Kier molecular flexibility index (Phi) is 5.91. The largest absolute Gasteiger partial charge is 0.394 e. The van der Waals surface area contributed by atoms with Crippen molar-refractivity contribution >= 4 is 23.1 Å². The molecule has 0 aliphatic rings. The van der Waals surface area contributed by atoms with Crippen LogP contribution in [-0.2, 0) is 11.3 Å². The molecular formula is C19H20N6O2. The van der Waals surface area contributed by atoms with E-state index in [-0.39, 0.29) is 12.5 Å². The van der Waals surface area contributed by atoms with Crippen LogP contribution in [0.3, 0.4) is 0 Å². The number of allylic oxidation sites excluding steroid dienone is 1. The minimum absolute atomic E-state index is 0.0275. The predicted octanol–water partition coefficient (Wildman–Crippen LogP) is 2.59. The lowest BCUT2D eigenvalue weighted by Crippen LogP contribution is -2.07. The lowest BCUT2D eigenvalue weighted by Gasteiger charge is -2.07. The van der Waals surface area contributed by atoms with Gasteiger partial charge in [-0.05, 0) is 25.1 Å². The van der Waals surface area contributed by atoms with E-state index in [0.717, 1.165) is 16.9 Å². The van der Waals surface area contributed by atoms with Crippen LogP contribution in [0.25, 0.3) is 11.3 Å². The molecule has 8 nitrogen and oxygen atoms in total. The summed E-state index contributed by atoms with van der Waals surface area (Å²) < 4.78 is 1.64. The third kappa shape index (κ3) is 4.99. The quantitative estimate of drug-likeness (QED) is 0.557. The van der Waals surface area contributed by atoms with Crippen LogP contribution in [0.2, 0.25) is 0 Å². The molecular weight excluding hydrogens is 344 g/mol. The van der Waals surface area contributed by atoms with Crippen molar-refractivity contribution in [3.63, 3.8) is 0 Å². The number of aliphatic hydroxyl groups is 1. The normalized spacial score (nSPS) is 10.9. The molecule has 2 aromatic heterocycles. The highest BCUT2D eigenvalue weighted by atomic mass is 16.3. The van der Waals surface area contributed by atoms with E-state index < -0.39 is 0 Å². The Labute approximate surface area is 156 Å². The highest BCUT2D eigenvalue weighted by molar-refractivity contribution is 5.99. The maximum absolute atomic E-state index is 11.7. The van der Waals surface area contributed by atoms with Crippen LogP contribution in [0.1, 0.15) is 6.92 Å². The number of carbonyl (C=O) groups excluding carboxylic acids is 1. The third-order valence-electron chi connectivity index (χ3n) is 3.65. The van der Waals surface area contributed by atoms with Gasteiger partial charge in [0.2, 0.25) is 5.91 Å². The summed E-state index contributed by atoms with van der Waals surface area (Å²) in [5.41, 5.74) is 3.03. The predicted molar refractivity (Wildman–Crippen MR) is 104 cm³/mol. The Morgan fingerprint density at radius 1 is 1.26 bits per heavy atom. The summed E-state index contributed by atoms with van der Waals surface area (Å²) in [7, 11) is 0. The summed E-state index contributed by atoms with van der Waals surface area (Å²) in [6.45, 7) is 2.25. The van der Waals surface area contributed by atoms with Gasteiger partial charge >= 0.3 is 0 Å². The van der Waals surface area contributed by atoms with Crippen molar-refractivity contribution in [2.24, 2.45) is 0 Å². The number of hydrogen-bond donors (Lipinski definition) is 3. The second kappa shape index (κ2) is 8.72. The molecule has 0 spiro atoms. The van der Waals surface area contributed by atoms with Gasteiger partial charge in [0.1, 0.15) is 12.1 Å². The molecule has 0 saturated heterocycles. The summed E-state index contributed by atoms with van der Waals surface area (Å²) in [6.07, 6.45) is 8.08. The number of nitrogens with zero attached hydrogens (tertiary/aromatic N) is 4. The molecule has 0 aliphatic carbocycles. The van der Waals surface area contributed by atoms with Crippen molar-refractivity contribution in [1.29, 1.82) is 0 Å². The van der Waals surface area contributed by atoms with Crippen molar-refractivity contribution in [2.75, 3.05) is 17.2 Å². The van der Waals surface area contributed by atoms with Crippen molar-refractivity contribution in [3.05, 3.63) is 61.2 Å². The van der Waals surface area contributed by atoms with Crippen LogP contribution in [0.5, 0.6) is 0 Å². The molecule has 27 heavy (non-hydrogen) atoms. The molecule has 0 radical (unpaired) electrons. The monoisotopic (exact) mass is 364 g/mol. The van der Waals surface area contributed by atoms with Crippen LogP contribution in [0.4, 0.5) is 17.2 Å². The number of rotatable bonds is 7. The Balaban J connectivity index is 1.77. The molecule has 1 aromatic carbocycles. The molecule has 0 atom stereocenters. The Bertz CT molecular complexity index is 951. The van der Waals surface area contributed by atoms with Crippen molar-refractivity contribution < 1.29 is 9.90 Å². The molecule has 3 rings (SSSR count). The summed E-state index contributed by atoms with van der Waals surface area (Å²) >= 11 is 0. The van der Waals surface area contributed by atoms with E-state index in [4.69, 9.17) is 5.11 Å². The number of benzene rings is 1. The van der Waals surface area contributed by atoms with Crippen LogP contribution in [-0.4, -0.2) is 37.4 Å². The SMILES string of the molecule is C/C=C/C(=O)Nc1cccc(-c2cc(Nc3cnn(CCO)c3)ncn2)c1. The highest BCUT2D eigenvalue weighted by Gasteiger charge is 2.06. The number of anilines is 3. The second-order valence-corrected chi connectivity index (χ2v) is 5.70. The zero-order valence-electron chi connectivity index (χ0n) is 14.8. The van der Waals surface area contributed by atoms with E-state index >= 15 is 0 Å². The first kappa shape index (κ1) is 18.3. The molecule has 0 saturated carbocycles. The average Bonchev–Trinajstić information content (AvgIpc) is 3.10. The molecule has 0 bridgehead atoms. The standard InChI is InChI=1S/C19H20N6O2/c1-2-4-19(27)24-15-6-3-5-14(9-15)17-10-18(21-13-20-17)23-16-11-22-25(12-16)7-8-26/h2-6,9-13,26H,7-8H2,1H3,(H,24,27)(H,20,21,23)/b4-2+. The first-order valence-electron chi connectivity index (χ1n) is 8.44.